The summed E-state index contributed by atoms with van der Waals surface area (Å²) in [5, 5.41) is 10.6. The topological polar surface area (TPSA) is 61.6 Å². The van der Waals surface area contributed by atoms with E-state index in [2.05, 4.69) is 0 Å². The monoisotopic (exact) mass is 249 g/mol. The smallest absolute Gasteiger partial charge is 0.269 e. The summed E-state index contributed by atoms with van der Waals surface area (Å²) in [6.45, 7) is 0. The molecule has 2 aliphatic rings. The molecule has 1 saturated heterocycles. The largest absolute Gasteiger partial charge is 0.342 e. The van der Waals surface area contributed by atoms with Crippen LogP contribution < -0.4 is 0 Å². The average Bonchev–Trinajstić information content (AvgIpc) is 2.82. The summed E-state index contributed by atoms with van der Waals surface area (Å²) in [5.74, 6) is 0. The Balaban J connectivity index is 1.73. The standard InChI is InChI=1S/C13H15NO4/c15-14(16)10-7-5-9(6-8-10)13-17-11-3-1-2-4-12(11)18-13/h5-8,11-13H,1-4H2. The van der Waals surface area contributed by atoms with Crippen LogP contribution in [0.1, 0.15) is 37.5 Å². The van der Waals surface area contributed by atoms with E-state index in [1.807, 2.05) is 0 Å². The molecule has 5 heteroatoms. The van der Waals surface area contributed by atoms with E-state index in [0.717, 1.165) is 18.4 Å². The van der Waals surface area contributed by atoms with Gasteiger partial charge in [0.2, 0.25) is 0 Å². The zero-order valence-corrected chi connectivity index (χ0v) is 9.95. The minimum atomic E-state index is -0.403. The van der Waals surface area contributed by atoms with Crippen molar-refractivity contribution < 1.29 is 14.4 Å². The van der Waals surface area contributed by atoms with Crippen molar-refractivity contribution in [1.29, 1.82) is 0 Å². The predicted octanol–water partition coefficient (Wildman–Crippen LogP) is 2.95. The first-order valence-electron chi connectivity index (χ1n) is 6.29. The molecule has 0 radical (unpaired) electrons. The molecule has 0 spiro atoms. The summed E-state index contributed by atoms with van der Waals surface area (Å²) in [6.07, 6.45) is 4.51. The number of hydrogen-bond acceptors (Lipinski definition) is 4. The third kappa shape index (κ3) is 2.11. The molecule has 0 amide bonds. The quantitative estimate of drug-likeness (QED) is 0.597. The number of ether oxygens (including phenoxy) is 2. The van der Waals surface area contributed by atoms with Crippen molar-refractivity contribution in [1.82, 2.24) is 0 Å². The Morgan fingerprint density at radius 1 is 1.06 bits per heavy atom. The third-order valence-electron chi connectivity index (χ3n) is 3.61. The lowest BCUT2D eigenvalue weighted by atomic mass is 9.95. The maximum atomic E-state index is 10.6. The van der Waals surface area contributed by atoms with Gasteiger partial charge in [-0.3, -0.25) is 10.1 Å². The molecule has 2 atom stereocenters. The van der Waals surface area contributed by atoms with Crippen molar-refractivity contribution in [3.63, 3.8) is 0 Å². The van der Waals surface area contributed by atoms with E-state index in [1.54, 1.807) is 12.1 Å². The highest BCUT2D eigenvalue weighted by molar-refractivity contribution is 5.33. The summed E-state index contributed by atoms with van der Waals surface area (Å²) >= 11 is 0. The van der Waals surface area contributed by atoms with Crippen molar-refractivity contribution in [2.75, 3.05) is 0 Å². The van der Waals surface area contributed by atoms with Crippen LogP contribution in [0.15, 0.2) is 24.3 Å². The van der Waals surface area contributed by atoms with Crippen LogP contribution in [0, 0.1) is 10.1 Å². The average molecular weight is 249 g/mol. The van der Waals surface area contributed by atoms with Gasteiger partial charge in [-0.05, 0) is 25.0 Å². The van der Waals surface area contributed by atoms with Crippen LogP contribution in [0.25, 0.3) is 0 Å². The van der Waals surface area contributed by atoms with Gasteiger partial charge >= 0.3 is 0 Å². The normalized spacial score (nSPS) is 31.0. The van der Waals surface area contributed by atoms with Gasteiger partial charge in [0, 0.05) is 17.7 Å². The first kappa shape index (κ1) is 11.6. The highest BCUT2D eigenvalue weighted by Gasteiger charge is 2.38. The Morgan fingerprint density at radius 2 is 1.61 bits per heavy atom. The van der Waals surface area contributed by atoms with Crippen LogP contribution in [0.5, 0.6) is 0 Å². The number of benzene rings is 1. The van der Waals surface area contributed by atoms with Gasteiger partial charge in [0.15, 0.2) is 6.29 Å². The Labute approximate surface area is 105 Å². The summed E-state index contributed by atoms with van der Waals surface area (Å²) in [7, 11) is 0. The summed E-state index contributed by atoms with van der Waals surface area (Å²) < 4.78 is 11.7. The Kier molecular flexibility index (Phi) is 3.01. The SMILES string of the molecule is O=[N+]([O-])c1ccc(C2OC3CCCCC3O2)cc1. The van der Waals surface area contributed by atoms with E-state index in [-0.39, 0.29) is 24.2 Å². The fourth-order valence-electron chi connectivity index (χ4n) is 2.63. The molecule has 2 unspecified atom stereocenters. The number of rotatable bonds is 2. The van der Waals surface area contributed by atoms with Crippen LogP contribution in [0.4, 0.5) is 5.69 Å². The molecule has 0 bridgehead atoms. The summed E-state index contributed by atoms with van der Waals surface area (Å²) in [5.41, 5.74) is 0.948. The molecule has 2 fully saturated rings. The Bertz CT molecular complexity index is 431. The second-order valence-corrected chi connectivity index (χ2v) is 4.81. The first-order chi connectivity index (χ1) is 8.74. The molecule has 18 heavy (non-hydrogen) atoms. The zero-order chi connectivity index (χ0) is 12.5. The van der Waals surface area contributed by atoms with E-state index in [9.17, 15) is 10.1 Å². The number of non-ortho nitro benzene ring substituents is 1. The third-order valence-corrected chi connectivity index (χ3v) is 3.61. The second kappa shape index (κ2) is 4.66. The summed E-state index contributed by atoms with van der Waals surface area (Å²) in [4.78, 5) is 10.2. The van der Waals surface area contributed by atoms with Crippen LogP contribution >= 0.6 is 0 Å². The predicted molar refractivity (Wildman–Crippen MR) is 64.1 cm³/mol. The zero-order valence-electron chi connectivity index (χ0n) is 9.95. The highest BCUT2D eigenvalue weighted by Crippen LogP contribution is 2.38. The van der Waals surface area contributed by atoms with Gasteiger partial charge in [-0.15, -0.1) is 0 Å². The molecule has 96 valence electrons. The van der Waals surface area contributed by atoms with E-state index in [4.69, 9.17) is 9.47 Å². The van der Waals surface area contributed by atoms with Gasteiger partial charge in [-0.25, -0.2) is 0 Å². The van der Waals surface area contributed by atoms with Crippen LogP contribution in [-0.4, -0.2) is 17.1 Å². The minimum Gasteiger partial charge on any atom is -0.342 e. The lowest BCUT2D eigenvalue weighted by Crippen LogP contribution is -2.25. The highest BCUT2D eigenvalue weighted by atomic mass is 16.7. The molecule has 5 nitrogen and oxygen atoms in total. The fraction of sp³-hybridized carbons (Fsp3) is 0.538. The van der Waals surface area contributed by atoms with Gasteiger partial charge in [0.1, 0.15) is 0 Å². The van der Waals surface area contributed by atoms with Crippen LogP contribution in [0.3, 0.4) is 0 Å². The van der Waals surface area contributed by atoms with Gasteiger partial charge in [-0.1, -0.05) is 12.8 Å². The maximum Gasteiger partial charge on any atom is 0.269 e. The lowest BCUT2D eigenvalue weighted by Gasteiger charge is -2.21. The van der Waals surface area contributed by atoms with Crippen molar-refractivity contribution in [3.05, 3.63) is 39.9 Å². The fourth-order valence-corrected chi connectivity index (χ4v) is 2.63. The molecule has 1 aliphatic heterocycles. The molecule has 1 aromatic carbocycles. The molecular weight excluding hydrogens is 234 g/mol. The van der Waals surface area contributed by atoms with Gasteiger partial charge in [0.25, 0.3) is 5.69 Å². The van der Waals surface area contributed by atoms with Crippen molar-refractivity contribution >= 4 is 5.69 Å². The number of hydrogen-bond donors (Lipinski definition) is 0. The number of nitrogens with zero attached hydrogens (tertiary/aromatic N) is 1. The van der Waals surface area contributed by atoms with Gasteiger partial charge in [-0.2, -0.15) is 0 Å². The van der Waals surface area contributed by atoms with E-state index in [0.29, 0.717) is 0 Å². The summed E-state index contributed by atoms with van der Waals surface area (Å²) in [6, 6.07) is 6.40. The van der Waals surface area contributed by atoms with E-state index in [1.165, 1.54) is 25.0 Å². The number of nitro benzene ring substituents is 1. The van der Waals surface area contributed by atoms with E-state index < -0.39 is 4.92 Å². The number of nitro groups is 1. The van der Waals surface area contributed by atoms with E-state index >= 15 is 0 Å². The Morgan fingerprint density at radius 3 is 2.11 bits per heavy atom. The molecule has 1 heterocycles. The van der Waals surface area contributed by atoms with Crippen molar-refractivity contribution in [3.8, 4) is 0 Å². The first-order valence-corrected chi connectivity index (χ1v) is 6.29. The molecule has 3 rings (SSSR count). The molecule has 1 aliphatic carbocycles. The van der Waals surface area contributed by atoms with Crippen LogP contribution in [-0.2, 0) is 9.47 Å². The van der Waals surface area contributed by atoms with Crippen molar-refractivity contribution in [2.45, 2.75) is 44.2 Å². The molecular formula is C13H15NO4. The van der Waals surface area contributed by atoms with Gasteiger partial charge < -0.3 is 9.47 Å². The molecule has 0 aromatic heterocycles. The molecule has 0 N–H and O–H groups in total. The lowest BCUT2D eigenvalue weighted by molar-refractivity contribution is -0.384. The molecule has 1 saturated carbocycles. The molecule has 1 aromatic rings. The minimum absolute atomic E-state index is 0.0918. The van der Waals surface area contributed by atoms with Crippen LogP contribution in [0.2, 0.25) is 0 Å². The van der Waals surface area contributed by atoms with Gasteiger partial charge in [0.05, 0.1) is 17.1 Å². The maximum absolute atomic E-state index is 10.6. The Hall–Kier alpha value is -1.46. The second-order valence-electron chi connectivity index (χ2n) is 4.81. The van der Waals surface area contributed by atoms with Crippen molar-refractivity contribution in [2.24, 2.45) is 0 Å². The number of fused-ring (bicyclic) bond motifs is 1.